The van der Waals surface area contributed by atoms with E-state index in [0.717, 1.165) is 6.26 Å². The first-order valence-corrected chi connectivity index (χ1v) is 1.53. The van der Waals surface area contributed by atoms with Gasteiger partial charge in [-0.05, 0) is 0 Å². The van der Waals surface area contributed by atoms with E-state index in [-0.39, 0.29) is 12.7 Å². The second kappa shape index (κ2) is 1.08. The summed E-state index contributed by atoms with van der Waals surface area (Å²) in [6, 6.07) is 0. The molecule has 3 heteroatoms. The summed E-state index contributed by atoms with van der Waals surface area (Å²) < 4.78 is 8.77. The van der Waals surface area contributed by atoms with Crippen molar-refractivity contribution in [1.82, 2.24) is 0 Å². The Morgan fingerprint density at radius 1 is 1.83 bits per heavy atom. The lowest BCUT2D eigenvalue weighted by Gasteiger charge is -1.85. The van der Waals surface area contributed by atoms with Gasteiger partial charge in [0.25, 0.3) is 0 Å². The van der Waals surface area contributed by atoms with Gasteiger partial charge in [-0.1, -0.05) is 0 Å². The first kappa shape index (κ1) is 3.33. The predicted octanol–water partition coefficient (Wildman–Crippen LogP) is 0.348. The van der Waals surface area contributed by atoms with Crippen molar-refractivity contribution in [2.75, 3.05) is 6.79 Å². The van der Waals surface area contributed by atoms with Gasteiger partial charge in [-0.15, -0.1) is 0 Å². The number of aliphatic hydroxyl groups is 1. The van der Waals surface area contributed by atoms with Crippen LogP contribution in [0.4, 0.5) is 0 Å². The maximum Gasteiger partial charge on any atom is 0.316 e. The molecule has 1 rings (SSSR count). The number of rotatable bonds is 0. The summed E-state index contributed by atoms with van der Waals surface area (Å²) in [5, 5.41) is 8.24. The molecule has 1 aliphatic heterocycles. The molecule has 34 valence electrons. The van der Waals surface area contributed by atoms with Gasteiger partial charge in [-0.25, -0.2) is 0 Å². The summed E-state index contributed by atoms with van der Waals surface area (Å²) in [7, 11) is 0. The molecule has 0 saturated heterocycles. The third-order valence-corrected chi connectivity index (χ3v) is 0.459. The lowest BCUT2D eigenvalue weighted by Crippen LogP contribution is -1.81. The van der Waals surface area contributed by atoms with Gasteiger partial charge in [-0.3, -0.25) is 0 Å². The fourth-order valence-electron chi connectivity index (χ4n) is 0.234. The SMILES string of the molecule is OC1=COCO1. The Balaban J connectivity index is 2.45. The maximum atomic E-state index is 8.24. The second-order valence-corrected chi connectivity index (χ2v) is 0.885. The number of hydrogen-bond donors (Lipinski definition) is 1. The van der Waals surface area contributed by atoms with Gasteiger partial charge in [0, 0.05) is 0 Å². The van der Waals surface area contributed by atoms with Crippen molar-refractivity contribution >= 4 is 0 Å². The summed E-state index contributed by atoms with van der Waals surface area (Å²) in [4.78, 5) is 0. The fourth-order valence-corrected chi connectivity index (χ4v) is 0.234. The van der Waals surface area contributed by atoms with Crippen LogP contribution in [-0.4, -0.2) is 11.9 Å². The molecular formula is C3H4O3. The van der Waals surface area contributed by atoms with Crippen LogP contribution in [0.15, 0.2) is 12.2 Å². The minimum atomic E-state index is -0.144. The molecule has 0 radical (unpaired) electrons. The van der Waals surface area contributed by atoms with E-state index in [9.17, 15) is 0 Å². The predicted molar refractivity (Wildman–Crippen MR) is 17.7 cm³/mol. The van der Waals surface area contributed by atoms with E-state index in [1.54, 1.807) is 0 Å². The highest BCUT2D eigenvalue weighted by Gasteiger charge is 1.98. The second-order valence-electron chi connectivity index (χ2n) is 0.885. The highest BCUT2D eigenvalue weighted by molar-refractivity contribution is 4.74. The van der Waals surface area contributed by atoms with Crippen LogP contribution < -0.4 is 0 Å². The zero-order chi connectivity index (χ0) is 4.41. The van der Waals surface area contributed by atoms with E-state index in [4.69, 9.17) is 5.11 Å². The van der Waals surface area contributed by atoms with E-state index in [1.807, 2.05) is 0 Å². The van der Waals surface area contributed by atoms with E-state index in [2.05, 4.69) is 9.47 Å². The molecule has 1 heterocycles. The Kier molecular flexibility index (Phi) is 0.602. The number of ether oxygens (including phenoxy) is 2. The first-order chi connectivity index (χ1) is 2.89. The maximum absolute atomic E-state index is 8.24. The van der Waals surface area contributed by atoms with Crippen LogP contribution >= 0.6 is 0 Å². The van der Waals surface area contributed by atoms with E-state index in [0.29, 0.717) is 0 Å². The number of hydrogen-bond acceptors (Lipinski definition) is 3. The molecule has 1 N–H and O–H groups in total. The Morgan fingerprint density at radius 3 is 2.83 bits per heavy atom. The molecule has 6 heavy (non-hydrogen) atoms. The van der Waals surface area contributed by atoms with Crippen LogP contribution in [0.25, 0.3) is 0 Å². The molecule has 0 atom stereocenters. The van der Waals surface area contributed by atoms with Crippen molar-refractivity contribution in [2.24, 2.45) is 0 Å². The molecule has 0 spiro atoms. The summed E-state index contributed by atoms with van der Waals surface area (Å²) in [5.41, 5.74) is 0. The molecule has 0 bridgehead atoms. The first-order valence-electron chi connectivity index (χ1n) is 1.53. The molecule has 0 aromatic carbocycles. The van der Waals surface area contributed by atoms with Crippen LogP contribution in [0.5, 0.6) is 0 Å². The molecule has 0 aromatic rings. The van der Waals surface area contributed by atoms with E-state index >= 15 is 0 Å². The minimum Gasteiger partial charge on any atom is -0.479 e. The van der Waals surface area contributed by atoms with Crippen LogP contribution in [0.3, 0.4) is 0 Å². The lowest BCUT2D eigenvalue weighted by atomic mass is 11.0. The van der Waals surface area contributed by atoms with Gasteiger partial charge in [-0.2, -0.15) is 0 Å². The molecular weight excluding hydrogens is 84.0 g/mol. The fraction of sp³-hybridized carbons (Fsp3) is 0.333. The largest absolute Gasteiger partial charge is 0.479 e. The Morgan fingerprint density at radius 2 is 2.67 bits per heavy atom. The summed E-state index contributed by atoms with van der Waals surface area (Å²) >= 11 is 0. The normalized spacial score (nSPS) is 18.3. The topological polar surface area (TPSA) is 38.7 Å². The summed E-state index contributed by atoms with van der Waals surface area (Å²) in [6.07, 6.45) is 1.15. The highest BCUT2D eigenvalue weighted by Crippen LogP contribution is 1.99. The van der Waals surface area contributed by atoms with E-state index in [1.165, 1.54) is 0 Å². The monoisotopic (exact) mass is 88.0 g/mol. The third kappa shape index (κ3) is 0.381. The van der Waals surface area contributed by atoms with Crippen molar-refractivity contribution < 1.29 is 14.6 Å². The molecule has 0 aromatic heterocycles. The molecule has 0 fully saturated rings. The van der Waals surface area contributed by atoms with Gasteiger partial charge in [0.1, 0.15) is 0 Å². The van der Waals surface area contributed by atoms with Crippen molar-refractivity contribution in [1.29, 1.82) is 0 Å². The molecule has 0 unspecified atom stereocenters. The van der Waals surface area contributed by atoms with Crippen molar-refractivity contribution in [3.05, 3.63) is 12.2 Å². The quantitative estimate of drug-likeness (QED) is 0.464. The van der Waals surface area contributed by atoms with Gasteiger partial charge in [0.05, 0.1) is 0 Å². The van der Waals surface area contributed by atoms with Gasteiger partial charge >= 0.3 is 5.95 Å². The van der Waals surface area contributed by atoms with Gasteiger partial charge in [0.15, 0.2) is 6.26 Å². The Hall–Kier alpha value is -0.860. The van der Waals surface area contributed by atoms with Crippen LogP contribution in [0, 0.1) is 0 Å². The van der Waals surface area contributed by atoms with Crippen LogP contribution in [-0.2, 0) is 9.47 Å². The molecule has 1 aliphatic rings. The molecule has 0 aliphatic carbocycles. The van der Waals surface area contributed by atoms with Gasteiger partial charge < -0.3 is 14.6 Å². The average Bonchev–Trinajstić information content (AvgIpc) is 1.86. The Labute approximate surface area is 34.8 Å². The van der Waals surface area contributed by atoms with E-state index < -0.39 is 0 Å². The minimum absolute atomic E-state index is 0.144. The Bertz CT molecular complexity index is 76.1. The van der Waals surface area contributed by atoms with Crippen molar-refractivity contribution in [3.8, 4) is 0 Å². The van der Waals surface area contributed by atoms with Crippen LogP contribution in [0.2, 0.25) is 0 Å². The standard InChI is InChI=1S/C3H4O3/c4-3-1-5-2-6-3/h1,4H,2H2. The van der Waals surface area contributed by atoms with Crippen molar-refractivity contribution in [3.63, 3.8) is 0 Å². The average molecular weight is 88.1 g/mol. The van der Waals surface area contributed by atoms with Crippen molar-refractivity contribution in [2.45, 2.75) is 0 Å². The molecule has 0 saturated carbocycles. The van der Waals surface area contributed by atoms with Crippen LogP contribution in [0.1, 0.15) is 0 Å². The zero-order valence-electron chi connectivity index (χ0n) is 3.05. The molecule has 3 nitrogen and oxygen atoms in total. The summed E-state index contributed by atoms with van der Waals surface area (Å²) in [5.74, 6) is -0.144. The number of aliphatic hydroxyl groups excluding tert-OH is 1. The highest BCUT2D eigenvalue weighted by atomic mass is 16.7. The lowest BCUT2D eigenvalue weighted by molar-refractivity contribution is 0.0377. The molecule has 0 amide bonds. The smallest absolute Gasteiger partial charge is 0.316 e. The third-order valence-electron chi connectivity index (χ3n) is 0.459. The zero-order valence-corrected chi connectivity index (χ0v) is 3.05. The summed E-state index contributed by atoms with van der Waals surface area (Å²) in [6.45, 7) is 0.145. The van der Waals surface area contributed by atoms with Gasteiger partial charge in [0.2, 0.25) is 6.79 Å².